The molecule has 0 unspecified atom stereocenters. The van der Waals surface area contributed by atoms with Crippen molar-refractivity contribution < 1.29 is 28.5 Å². The average molecular weight is 553 g/mol. The molecule has 218 valence electrons. The van der Waals surface area contributed by atoms with Gasteiger partial charge in [-0.05, 0) is 82.9 Å². The summed E-state index contributed by atoms with van der Waals surface area (Å²) in [6.45, 7) is 21.6. The molecule has 0 atom stereocenters. The molecule has 2 aromatic carbocycles. The molecular weight excluding hydrogens is 508 g/mol. The number of nitrogens with one attached hydrogen (secondary N) is 2. The van der Waals surface area contributed by atoms with Gasteiger partial charge in [0.15, 0.2) is 6.29 Å². The maximum atomic E-state index is 12.3. The van der Waals surface area contributed by atoms with Crippen molar-refractivity contribution >= 4 is 23.3 Å². The van der Waals surface area contributed by atoms with Crippen LogP contribution in [0.25, 0.3) is 11.1 Å². The summed E-state index contributed by atoms with van der Waals surface area (Å²) in [5, 5.41) is 5.75. The maximum absolute atomic E-state index is 12.3. The molecule has 2 N–H and O–H groups in total. The van der Waals surface area contributed by atoms with E-state index in [-0.39, 0.29) is 26.4 Å². The molecule has 2 aromatic rings. The highest BCUT2D eigenvalue weighted by atomic mass is 16.7. The van der Waals surface area contributed by atoms with Gasteiger partial charge in [0.05, 0.1) is 24.3 Å². The lowest BCUT2D eigenvalue weighted by Crippen LogP contribution is -2.41. The van der Waals surface area contributed by atoms with Gasteiger partial charge in [0.2, 0.25) is 0 Å². The Hall–Kier alpha value is -3.62. The third kappa shape index (κ3) is 10.5. The van der Waals surface area contributed by atoms with Gasteiger partial charge in [0, 0.05) is 0 Å². The first kappa shape index (κ1) is 32.6. The van der Waals surface area contributed by atoms with E-state index in [0.29, 0.717) is 0 Å². The first-order valence-corrected chi connectivity index (χ1v) is 13.4. The smallest absolute Gasteiger partial charge is 0.407 e. The molecule has 0 bridgehead atoms. The number of amides is 2. The highest BCUT2D eigenvalue weighted by Gasteiger charge is 2.25. The number of benzene rings is 2. The number of ether oxygens (including phenoxy) is 4. The van der Waals surface area contributed by atoms with E-state index in [1.807, 2.05) is 90.1 Å². The van der Waals surface area contributed by atoms with E-state index >= 15 is 0 Å². The highest BCUT2D eigenvalue weighted by molar-refractivity contribution is 5.70. The number of rotatable bonds is 14. The van der Waals surface area contributed by atoms with Crippen molar-refractivity contribution in [1.82, 2.24) is 10.6 Å². The van der Waals surface area contributed by atoms with Crippen LogP contribution in [0, 0.1) is 0 Å². The van der Waals surface area contributed by atoms with E-state index < -0.39 is 29.6 Å². The van der Waals surface area contributed by atoms with E-state index in [2.05, 4.69) is 23.8 Å². The average Bonchev–Trinajstić information content (AvgIpc) is 2.88. The van der Waals surface area contributed by atoms with Crippen LogP contribution in [0.5, 0.6) is 0 Å². The third-order valence-electron chi connectivity index (χ3n) is 6.32. The van der Waals surface area contributed by atoms with Gasteiger partial charge in [-0.25, -0.2) is 9.59 Å². The zero-order valence-corrected chi connectivity index (χ0v) is 24.9. The molecule has 2 rings (SSSR count). The summed E-state index contributed by atoms with van der Waals surface area (Å²) in [5.41, 5.74) is 4.57. The Morgan fingerprint density at radius 3 is 1.45 bits per heavy atom. The van der Waals surface area contributed by atoms with E-state index in [9.17, 15) is 9.59 Å². The quantitative estimate of drug-likeness (QED) is 0.199. The first-order chi connectivity index (χ1) is 18.7. The van der Waals surface area contributed by atoms with Crippen LogP contribution in [0.4, 0.5) is 9.59 Å². The molecule has 0 aliphatic carbocycles. The normalized spacial score (nSPS) is 11.6. The summed E-state index contributed by atoms with van der Waals surface area (Å²) in [7, 11) is 0. The molecule has 40 heavy (non-hydrogen) atoms. The highest BCUT2D eigenvalue weighted by Crippen LogP contribution is 2.25. The number of alkyl carbamates (subject to hydrolysis) is 2. The molecule has 8 nitrogen and oxygen atoms in total. The largest absolute Gasteiger partial charge is 0.447 e. The van der Waals surface area contributed by atoms with E-state index in [0.717, 1.165) is 33.4 Å². The lowest BCUT2D eigenvalue weighted by atomic mass is 9.92. The van der Waals surface area contributed by atoms with E-state index in [1.54, 1.807) is 6.92 Å². The third-order valence-corrected chi connectivity index (χ3v) is 6.32. The number of carbonyl (C=O) groups is 2. The molecule has 0 aliphatic heterocycles. The van der Waals surface area contributed by atoms with Crippen LogP contribution in [0.1, 0.15) is 70.7 Å². The van der Waals surface area contributed by atoms with Crippen LogP contribution in [0.15, 0.2) is 61.7 Å². The second kappa shape index (κ2) is 14.7. The zero-order valence-electron chi connectivity index (χ0n) is 24.9. The lowest BCUT2D eigenvalue weighted by molar-refractivity contribution is -0.141. The van der Waals surface area contributed by atoms with Crippen LogP contribution in [0.2, 0.25) is 0 Å². The van der Waals surface area contributed by atoms with Gasteiger partial charge in [0.25, 0.3) is 0 Å². The Bertz CT molecular complexity index is 1100. The Morgan fingerprint density at radius 1 is 0.725 bits per heavy atom. The van der Waals surface area contributed by atoms with Gasteiger partial charge in [0.1, 0.15) is 13.2 Å². The second-order valence-electron chi connectivity index (χ2n) is 10.8. The fraction of sp³-hybridized carbons (Fsp3) is 0.438. The molecule has 0 fully saturated rings. The topological polar surface area (TPSA) is 95.1 Å². The van der Waals surface area contributed by atoms with Gasteiger partial charge in [-0.1, -0.05) is 60.7 Å². The minimum Gasteiger partial charge on any atom is -0.447 e. The fourth-order valence-corrected chi connectivity index (χ4v) is 3.82. The van der Waals surface area contributed by atoms with Crippen LogP contribution in [-0.4, -0.2) is 44.9 Å². The monoisotopic (exact) mass is 552 g/mol. The summed E-state index contributed by atoms with van der Waals surface area (Å²) in [6, 6.07) is 15.7. The van der Waals surface area contributed by atoms with Crippen molar-refractivity contribution in [2.45, 2.75) is 65.8 Å². The van der Waals surface area contributed by atoms with E-state index in [4.69, 9.17) is 18.9 Å². The van der Waals surface area contributed by atoms with Gasteiger partial charge >= 0.3 is 12.2 Å². The van der Waals surface area contributed by atoms with Gasteiger partial charge in [-0.2, -0.15) is 0 Å². The van der Waals surface area contributed by atoms with Crippen molar-refractivity contribution in [2.24, 2.45) is 0 Å². The summed E-state index contributed by atoms with van der Waals surface area (Å²) in [6.07, 6.45) is -1.66. The minimum atomic E-state index is -0.629. The predicted molar refractivity (Wildman–Crippen MR) is 159 cm³/mol. The first-order valence-electron chi connectivity index (χ1n) is 13.4. The summed E-state index contributed by atoms with van der Waals surface area (Å²) in [4.78, 5) is 24.6. The van der Waals surface area contributed by atoms with Gasteiger partial charge < -0.3 is 29.6 Å². The van der Waals surface area contributed by atoms with Crippen LogP contribution in [0.3, 0.4) is 0 Å². The van der Waals surface area contributed by atoms with Gasteiger partial charge in [-0.3, -0.25) is 0 Å². The molecule has 0 spiro atoms. The maximum Gasteiger partial charge on any atom is 0.407 e. The van der Waals surface area contributed by atoms with Gasteiger partial charge in [-0.15, -0.1) is 0 Å². The summed E-state index contributed by atoms with van der Waals surface area (Å²) in [5.74, 6) is 0. The molecular formula is C32H44N2O6. The molecule has 0 saturated carbocycles. The number of allylic oxidation sites excluding steroid dienone is 2. The molecule has 0 saturated heterocycles. The summed E-state index contributed by atoms with van der Waals surface area (Å²) < 4.78 is 21.6. The SMILES string of the molecule is C=C(C)c1cccc(C(C)(C)NC(=O)OCCOC(C)OCCOC(=O)NC(C)(C)c2cccc(C(=C)C)c2)c1. The van der Waals surface area contributed by atoms with Crippen LogP contribution >= 0.6 is 0 Å². The second-order valence-corrected chi connectivity index (χ2v) is 10.8. The fourth-order valence-electron chi connectivity index (χ4n) is 3.82. The van der Waals surface area contributed by atoms with E-state index in [1.165, 1.54) is 0 Å². The standard InChI is InChI=1S/C32H44N2O6/c1-22(2)25-12-10-14-27(20-25)31(6,7)33-29(35)39-18-16-37-24(5)38-17-19-40-30(36)34-32(8,9)28-15-11-13-26(21-28)23(3)4/h10-15,20-21,24H,1,3,16-19H2,2,4-9H3,(H,33,35)(H,34,36). The Labute approximate surface area is 238 Å². The predicted octanol–water partition coefficient (Wildman–Crippen LogP) is 6.75. The van der Waals surface area contributed by atoms with Crippen molar-refractivity contribution in [3.05, 3.63) is 83.9 Å². The number of hydrogen-bond donors (Lipinski definition) is 2. The van der Waals surface area contributed by atoms with Crippen molar-refractivity contribution in [3.8, 4) is 0 Å². The zero-order chi connectivity index (χ0) is 29.9. The van der Waals surface area contributed by atoms with Crippen molar-refractivity contribution in [3.63, 3.8) is 0 Å². The van der Waals surface area contributed by atoms with Crippen molar-refractivity contribution in [1.29, 1.82) is 0 Å². The number of carbonyl (C=O) groups excluding carboxylic acids is 2. The van der Waals surface area contributed by atoms with Crippen LogP contribution < -0.4 is 10.6 Å². The molecule has 0 radical (unpaired) electrons. The van der Waals surface area contributed by atoms with Crippen molar-refractivity contribution in [2.75, 3.05) is 26.4 Å². The minimum absolute atomic E-state index is 0.0575. The Kier molecular flexibility index (Phi) is 12.0. The Morgan fingerprint density at radius 2 is 1.10 bits per heavy atom. The van der Waals surface area contributed by atoms with Crippen LogP contribution in [-0.2, 0) is 30.0 Å². The molecule has 0 heterocycles. The Balaban J connectivity index is 1.64. The molecule has 0 aliphatic rings. The molecule has 2 amide bonds. The molecule has 8 heteroatoms. The summed E-state index contributed by atoms with van der Waals surface area (Å²) >= 11 is 0. The lowest BCUT2D eigenvalue weighted by Gasteiger charge is -2.27. The molecule has 0 aromatic heterocycles. The number of hydrogen-bond acceptors (Lipinski definition) is 6.